The summed E-state index contributed by atoms with van der Waals surface area (Å²) in [5.74, 6) is -0.289. The number of nitrogens with one attached hydrogen (secondary N) is 1. The lowest BCUT2D eigenvalue weighted by Crippen LogP contribution is -2.24. The van der Waals surface area contributed by atoms with Crippen LogP contribution in [0.3, 0.4) is 0 Å². The molecule has 0 saturated heterocycles. The van der Waals surface area contributed by atoms with Gasteiger partial charge < -0.3 is 37.4 Å². The van der Waals surface area contributed by atoms with E-state index in [0.29, 0.717) is 24.2 Å². The number of carbonyl (C=O) groups is 2. The Labute approximate surface area is 238 Å². The third kappa shape index (κ3) is 13.3. The number of nitrogens with zero attached hydrogens (tertiary/aromatic N) is 2. The Hall–Kier alpha value is -3.85. The fourth-order valence-corrected chi connectivity index (χ4v) is 4.62. The van der Waals surface area contributed by atoms with Gasteiger partial charge in [0.15, 0.2) is 5.96 Å². The van der Waals surface area contributed by atoms with Crippen LogP contribution in [-0.2, 0) is 16.0 Å². The molecule has 9 heteroatoms. The zero-order chi connectivity index (χ0) is 29.2. The molecule has 1 aromatic heterocycles. The van der Waals surface area contributed by atoms with E-state index in [1.807, 2.05) is 36.4 Å². The largest absolute Gasteiger partial charge is 0.478 e. The molecule has 0 aliphatic heterocycles. The number of aromatic nitrogens is 1. The van der Waals surface area contributed by atoms with Crippen molar-refractivity contribution < 1.29 is 14.7 Å². The quantitative estimate of drug-likeness (QED) is 0.0655. The van der Waals surface area contributed by atoms with Crippen LogP contribution in [0.5, 0.6) is 0 Å². The second-order valence-corrected chi connectivity index (χ2v) is 10.1. The number of nitrogens with two attached hydrogens (primary N) is 3. The molecule has 0 aliphatic rings. The SMILES string of the molecule is CCCCC(N)CCCC(C=Cc1cccc(CC=O)c1)CCC([N-]c1ccc[nH]1)C(=CC(=O)O)CN=C(N)N. The van der Waals surface area contributed by atoms with E-state index in [9.17, 15) is 14.7 Å². The zero-order valence-electron chi connectivity index (χ0n) is 23.5. The van der Waals surface area contributed by atoms with Crippen LogP contribution in [-0.4, -0.2) is 46.9 Å². The molecule has 40 heavy (non-hydrogen) atoms. The molecule has 1 heterocycles. The summed E-state index contributed by atoms with van der Waals surface area (Å²) in [6.07, 6.45) is 16.1. The van der Waals surface area contributed by atoms with Crippen molar-refractivity contribution in [1.29, 1.82) is 0 Å². The zero-order valence-corrected chi connectivity index (χ0v) is 23.5. The number of hydrogen-bond donors (Lipinski definition) is 5. The normalized spacial score (nSPS) is 14.0. The molecular weight excluding hydrogens is 504 g/mol. The number of aldehydes is 1. The minimum Gasteiger partial charge on any atom is -0.478 e. The van der Waals surface area contributed by atoms with Gasteiger partial charge in [-0.2, -0.15) is 0 Å². The predicted octanol–water partition coefficient (Wildman–Crippen LogP) is 5.21. The first-order valence-corrected chi connectivity index (χ1v) is 14.1. The number of hydrogen-bond acceptors (Lipinski definition) is 4. The van der Waals surface area contributed by atoms with Gasteiger partial charge in [-0.25, -0.2) is 9.79 Å². The number of carbonyl (C=O) groups excluding carboxylic acids is 1. The van der Waals surface area contributed by atoms with E-state index < -0.39 is 12.0 Å². The van der Waals surface area contributed by atoms with Crippen LogP contribution in [0.1, 0.15) is 69.4 Å². The highest BCUT2D eigenvalue weighted by atomic mass is 16.4. The van der Waals surface area contributed by atoms with Crippen LogP contribution in [0.25, 0.3) is 11.4 Å². The molecule has 3 atom stereocenters. The van der Waals surface area contributed by atoms with Crippen molar-refractivity contribution >= 4 is 30.1 Å². The Balaban J connectivity index is 2.23. The van der Waals surface area contributed by atoms with Crippen molar-refractivity contribution in [3.8, 4) is 0 Å². The fourth-order valence-electron chi connectivity index (χ4n) is 4.62. The van der Waals surface area contributed by atoms with Crippen molar-refractivity contribution in [2.75, 3.05) is 6.54 Å². The van der Waals surface area contributed by atoms with Crippen LogP contribution in [0.4, 0.5) is 5.82 Å². The lowest BCUT2D eigenvalue weighted by molar-refractivity contribution is -0.131. The summed E-state index contributed by atoms with van der Waals surface area (Å²) in [7, 11) is 0. The number of unbranched alkanes of at least 4 members (excludes halogenated alkanes) is 1. The maximum Gasteiger partial charge on any atom is 0.328 e. The molecule has 0 amide bonds. The summed E-state index contributed by atoms with van der Waals surface area (Å²) in [4.78, 5) is 29.7. The first-order valence-electron chi connectivity index (χ1n) is 14.1. The van der Waals surface area contributed by atoms with Crippen LogP contribution in [0.2, 0.25) is 0 Å². The van der Waals surface area contributed by atoms with Gasteiger partial charge in [-0.15, -0.1) is 0 Å². The number of aliphatic imine (C=N–C) groups is 1. The van der Waals surface area contributed by atoms with Crippen molar-refractivity contribution in [2.24, 2.45) is 28.1 Å². The lowest BCUT2D eigenvalue weighted by Gasteiger charge is -2.28. The third-order valence-electron chi connectivity index (χ3n) is 6.78. The number of carboxylic acid groups (broad SMARTS) is 1. The van der Waals surface area contributed by atoms with Gasteiger partial charge in [-0.1, -0.05) is 86.8 Å². The first kappa shape index (κ1) is 32.4. The van der Waals surface area contributed by atoms with Crippen LogP contribution < -0.4 is 17.2 Å². The summed E-state index contributed by atoms with van der Waals surface area (Å²) >= 11 is 0. The van der Waals surface area contributed by atoms with Gasteiger partial charge in [-0.3, -0.25) is 0 Å². The Morgan fingerprint density at radius 2 is 1.90 bits per heavy atom. The Kier molecular flexibility index (Phi) is 14.9. The Bertz CT molecular complexity index is 1110. The fraction of sp³-hybridized carbons (Fsp3) is 0.452. The standard InChI is InChI=1S/C31H45N6O3/c1-2-3-10-27(32)11-5-7-23(13-14-24-8-4-9-25(20-24)17-19-38)15-16-28(37-29-12-6-18-35-29)26(21-30(39)40)22-36-31(33)34/h4,6,8-9,12-14,18-21,23,27-28,35H,2-3,5,7,10-11,15-17,22,32H2,1H3,(H,39,40)(H4,33,34,36)/q-1. The minimum atomic E-state index is -1.07. The molecule has 1 aromatic carbocycles. The van der Waals surface area contributed by atoms with Crippen molar-refractivity contribution in [3.63, 3.8) is 0 Å². The van der Waals surface area contributed by atoms with E-state index in [2.05, 4.69) is 29.1 Å². The van der Waals surface area contributed by atoms with Gasteiger partial charge in [-0.05, 0) is 60.8 Å². The number of rotatable bonds is 20. The second kappa shape index (κ2) is 18.4. The molecule has 2 rings (SSSR count). The van der Waals surface area contributed by atoms with Gasteiger partial charge >= 0.3 is 5.97 Å². The molecule has 2 aromatic rings. The van der Waals surface area contributed by atoms with Gasteiger partial charge in [0.2, 0.25) is 0 Å². The van der Waals surface area contributed by atoms with E-state index in [-0.39, 0.29) is 24.5 Å². The van der Waals surface area contributed by atoms with E-state index in [4.69, 9.17) is 22.5 Å². The van der Waals surface area contributed by atoms with Crippen LogP contribution in [0.15, 0.2) is 65.3 Å². The van der Waals surface area contributed by atoms with E-state index in [1.165, 1.54) is 0 Å². The summed E-state index contributed by atoms with van der Waals surface area (Å²) in [6, 6.07) is 11.4. The van der Waals surface area contributed by atoms with Crippen LogP contribution >= 0.6 is 0 Å². The Morgan fingerprint density at radius 1 is 1.10 bits per heavy atom. The van der Waals surface area contributed by atoms with E-state index in [0.717, 1.165) is 68.4 Å². The molecule has 0 spiro atoms. The van der Waals surface area contributed by atoms with Gasteiger partial charge in [0.1, 0.15) is 6.29 Å². The molecule has 218 valence electrons. The summed E-state index contributed by atoms with van der Waals surface area (Å²) in [5, 5.41) is 14.3. The molecule has 0 saturated carbocycles. The maximum atomic E-state index is 11.6. The number of aromatic amines is 1. The average molecular weight is 550 g/mol. The summed E-state index contributed by atoms with van der Waals surface area (Å²) < 4.78 is 0. The van der Waals surface area contributed by atoms with Crippen molar-refractivity contribution in [1.82, 2.24) is 4.98 Å². The highest BCUT2D eigenvalue weighted by Crippen LogP contribution is 2.30. The average Bonchev–Trinajstić information content (AvgIpc) is 3.43. The molecule has 0 fully saturated rings. The summed E-state index contributed by atoms with van der Waals surface area (Å²) in [6.45, 7) is 2.23. The molecule has 8 N–H and O–H groups in total. The minimum absolute atomic E-state index is 0.0554. The summed E-state index contributed by atoms with van der Waals surface area (Å²) in [5.41, 5.74) is 20.0. The number of allylic oxidation sites excluding steroid dienone is 1. The van der Waals surface area contributed by atoms with Crippen molar-refractivity contribution in [3.05, 3.63) is 76.8 Å². The molecular formula is C31H45N6O3-. The van der Waals surface area contributed by atoms with Crippen molar-refractivity contribution in [2.45, 2.75) is 76.8 Å². The lowest BCUT2D eigenvalue weighted by atomic mass is 9.90. The number of carboxylic acids is 1. The number of benzene rings is 1. The number of aliphatic carboxylic acids is 1. The van der Waals surface area contributed by atoms with Gasteiger partial charge in [0.05, 0.1) is 6.54 Å². The smallest absolute Gasteiger partial charge is 0.328 e. The Morgan fingerprint density at radius 3 is 2.58 bits per heavy atom. The monoisotopic (exact) mass is 549 g/mol. The van der Waals surface area contributed by atoms with E-state index in [1.54, 1.807) is 6.20 Å². The predicted molar refractivity (Wildman–Crippen MR) is 163 cm³/mol. The second-order valence-electron chi connectivity index (χ2n) is 10.1. The van der Waals surface area contributed by atoms with Crippen LogP contribution in [0, 0.1) is 5.92 Å². The molecule has 3 unspecified atom stereocenters. The molecule has 0 bridgehead atoms. The number of guanidine groups is 1. The highest BCUT2D eigenvalue weighted by Gasteiger charge is 2.16. The maximum absolute atomic E-state index is 11.6. The van der Waals surface area contributed by atoms with E-state index >= 15 is 0 Å². The van der Waals surface area contributed by atoms with Gasteiger partial charge in [0, 0.05) is 18.5 Å². The highest BCUT2D eigenvalue weighted by molar-refractivity contribution is 5.81. The molecule has 0 aliphatic carbocycles. The first-order chi connectivity index (χ1) is 19.3. The topological polar surface area (TPSA) is 175 Å². The molecule has 0 radical (unpaired) electrons. The molecule has 9 nitrogen and oxygen atoms in total. The van der Waals surface area contributed by atoms with Gasteiger partial charge in [0.25, 0.3) is 0 Å². The third-order valence-corrected chi connectivity index (χ3v) is 6.78. The number of H-pyrrole nitrogens is 1.